The Morgan fingerprint density at radius 1 is 1.45 bits per heavy atom. The third kappa shape index (κ3) is 5.03. The molecule has 0 saturated carbocycles. The molecule has 8 heteroatoms. The van der Waals surface area contributed by atoms with Crippen molar-refractivity contribution < 1.29 is 13.2 Å². The van der Waals surface area contributed by atoms with Crippen LogP contribution >= 0.6 is 24.0 Å². The number of hydrogen-bond acceptors (Lipinski definition) is 4. The monoisotopic (exact) mass is 419 g/mol. The zero-order valence-electron chi connectivity index (χ0n) is 12.7. The minimum absolute atomic E-state index is 0. The summed E-state index contributed by atoms with van der Waals surface area (Å²) in [5.41, 5.74) is 0. The van der Waals surface area contributed by atoms with Gasteiger partial charge in [-0.25, -0.2) is 8.42 Å². The highest BCUT2D eigenvalue weighted by molar-refractivity contribution is 14.0. The number of aliphatic imine (C=N–C) groups is 1. The molecule has 6 nitrogen and oxygen atoms in total. The van der Waals surface area contributed by atoms with Crippen molar-refractivity contribution in [1.82, 2.24) is 10.2 Å². The van der Waals surface area contributed by atoms with Crippen LogP contribution in [0.1, 0.15) is 20.8 Å². The maximum absolute atomic E-state index is 12.0. The Hall–Kier alpha value is -0.0900. The maximum atomic E-state index is 12.0. The van der Waals surface area contributed by atoms with E-state index in [-0.39, 0.29) is 29.7 Å². The van der Waals surface area contributed by atoms with Gasteiger partial charge in [0.2, 0.25) is 0 Å². The molecule has 20 heavy (non-hydrogen) atoms. The van der Waals surface area contributed by atoms with E-state index in [0.717, 1.165) is 12.5 Å². The number of rotatable bonds is 4. The smallest absolute Gasteiger partial charge is 0.194 e. The molecule has 0 atom stereocenters. The zero-order valence-corrected chi connectivity index (χ0v) is 15.8. The third-order valence-electron chi connectivity index (χ3n) is 3.23. The van der Waals surface area contributed by atoms with Crippen LogP contribution < -0.4 is 5.32 Å². The van der Waals surface area contributed by atoms with E-state index in [1.165, 1.54) is 0 Å². The molecule has 0 amide bonds. The quantitative estimate of drug-likeness (QED) is 0.315. The minimum atomic E-state index is -3.02. The van der Waals surface area contributed by atoms with Gasteiger partial charge in [-0.2, -0.15) is 0 Å². The zero-order chi connectivity index (χ0) is 14.5. The number of halogens is 1. The lowest BCUT2D eigenvalue weighted by Gasteiger charge is -2.39. The van der Waals surface area contributed by atoms with Gasteiger partial charge in [-0.05, 0) is 20.8 Å². The Balaban J connectivity index is 0.00000361. The van der Waals surface area contributed by atoms with E-state index >= 15 is 0 Å². The lowest BCUT2D eigenvalue weighted by molar-refractivity contribution is 0.207. The summed E-state index contributed by atoms with van der Waals surface area (Å²) in [7, 11) is -1.38. The van der Waals surface area contributed by atoms with E-state index in [9.17, 15) is 8.42 Å². The number of hydrogen-bond donors (Lipinski definition) is 1. The van der Waals surface area contributed by atoms with Gasteiger partial charge in [0.25, 0.3) is 0 Å². The molecule has 0 radical (unpaired) electrons. The van der Waals surface area contributed by atoms with E-state index in [4.69, 9.17) is 4.74 Å². The second kappa shape index (κ2) is 8.38. The predicted octanol–water partition coefficient (Wildman–Crippen LogP) is 0.725. The van der Waals surface area contributed by atoms with E-state index in [1.807, 2.05) is 11.8 Å². The molecule has 120 valence electrons. The van der Waals surface area contributed by atoms with Crippen molar-refractivity contribution in [3.63, 3.8) is 0 Å². The lowest BCUT2D eigenvalue weighted by Crippen LogP contribution is -2.57. The fourth-order valence-electron chi connectivity index (χ4n) is 1.99. The van der Waals surface area contributed by atoms with E-state index < -0.39 is 14.6 Å². The molecule has 0 spiro atoms. The van der Waals surface area contributed by atoms with Gasteiger partial charge in [-0.3, -0.25) is 4.99 Å². The van der Waals surface area contributed by atoms with Gasteiger partial charge >= 0.3 is 0 Å². The van der Waals surface area contributed by atoms with Crippen molar-refractivity contribution >= 4 is 39.8 Å². The molecule has 0 aromatic carbocycles. The summed E-state index contributed by atoms with van der Waals surface area (Å²) in [5.74, 6) is 0.942. The molecule has 1 fully saturated rings. The first kappa shape index (κ1) is 19.9. The average Bonchev–Trinajstić information content (AvgIpc) is 2.32. The predicted molar refractivity (Wildman–Crippen MR) is 92.7 cm³/mol. The summed E-state index contributed by atoms with van der Waals surface area (Å²) in [6.07, 6.45) is 0. The van der Waals surface area contributed by atoms with Gasteiger partial charge in [0.1, 0.15) is 0 Å². The van der Waals surface area contributed by atoms with Crippen LogP contribution in [-0.2, 0) is 14.6 Å². The second-order valence-electron chi connectivity index (χ2n) is 5.23. The Kier molecular flexibility index (Phi) is 8.34. The van der Waals surface area contributed by atoms with E-state index in [2.05, 4.69) is 10.3 Å². The van der Waals surface area contributed by atoms with Crippen LogP contribution in [0.2, 0.25) is 0 Å². The molecular formula is C12H26IN3O3S. The topological polar surface area (TPSA) is 71.0 Å². The van der Waals surface area contributed by atoms with Gasteiger partial charge in [-0.15, -0.1) is 24.0 Å². The van der Waals surface area contributed by atoms with Gasteiger partial charge < -0.3 is 15.0 Å². The molecular weight excluding hydrogens is 393 g/mol. The van der Waals surface area contributed by atoms with Crippen molar-refractivity contribution in [1.29, 1.82) is 0 Å². The van der Waals surface area contributed by atoms with E-state index in [1.54, 1.807) is 21.0 Å². The van der Waals surface area contributed by atoms with Crippen LogP contribution in [0.25, 0.3) is 0 Å². The Morgan fingerprint density at radius 2 is 2.10 bits per heavy atom. The molecule has 0 unspecified atom stereocenters. The summed E-state index contributed by atoms with van der Waals surface area (Å²) in [4.78, 5) is 6.47. The Morgan fingerprint density at radius 3 is 2.60 bits per heavy atom. The number of guanidine groups is 1. The van der Waals surface area contributed by atoms with Crippen molar-refractivity contribution in [3.8, 4) is 0 Å². The average molecular weight is 419 g/mol. The molecule has 1 saturated heterocycles. The second-order valence-corrected chi connectivity index (χ2v) is 7.97. The number of ether oxygens (including phenoxy) is 1. The molecule has 0 aliphatic carbocycles. The molecule has 1 rings (SSSR count). The summed E-state index contributed by atoms with van der Waals surface area (Å²) in [6, 6.07) is 0. The van der Waals surface area contributed by atoms with Crippen LogP contribution in [0.15, 0.2) is 4.99 Å². The Bertz CT molecular complexity index is 424. The number of nitrogens with one attached hydrogen (secondary N) is 1. The standard InChI is InChI=1S/C12H25N3O3S.HI/c1-5-13-11(14-6-8-18-4)15-7-9-19(16,17)12(2,3)10-15;/h5-10H2,1-4H3,(H,13,14);1H. The SMILES string of the molecule is CCNC(=NCCOC)N1CCS(=O)(=O)C(C)(C)C1.I. The Labute approximate surface area is 139 Å². The molecule has 0 bridgehead atoms. The maximum Gasteiger partial charge on any atom is 0.194 e. The summed E-state index contributed by atoms with van der Waals surface area (Å²) >= 11 is 0. The van der Waals surface area contributed by atoms with Gasteiger partial charge in [0, 0.05) is 26.7 Å². The van der Waals surface area contributed by atoms with Gasteiger partial charge in [-0.1, -0.05) is 0 Å². The molecule has 1 heterocycles. The lowest BCUT2D eigenvalue weighted by atomic mass is 10.2. The van der Waals surface area contributed by atoms with Crippen LogP contribution in [0.4, 0.5) is 0 Å². The molecule has 1 aliphatic rings. The van der Waals surface area contributed by atoms with Crippen molar-refractivity contribution in [2.24, 2.45) is 4.99 Å². The van der Waals surface area contributed by atoms with Crippen LogP contribution in [0, 0.1) is 0 Å². The fourth-order valence-corrected chi connectivity index (χ4v) is 3.36. The minimum Gasteiger partial charge on any atom is -0.383 e. The summed E-state index contributed by atoms with van der Waals surface area (Å²) in [5, 5.41) is 3.20. The normalized spacial score (nSPS) is 21.2. The third-order valence-corrected chi connectivity index (χ3v) is 5.77. The first-order valence-electron chi connectivity index (χ1n) is 6.58. The number of nitrogens with zero attached hydrogens (tertiary/aromatic N) is 2. The molecule has 0 aromatic rings. The van der Waals surface area contributed by atoms with Crippen molar-refractivity contribution in [2.75, 3.05) is 45.6 Å². The summed E-state index contributed by atoms with van der Waals surface area (Å²) < 4.78 is 28.2. The highest BCUT2D eigenvalue weighted by Gasteiger charge is 2.40. The van der Waals surface area contributed by atoms with Crippen LogP contribution in [0.3, 0.4) is 0 Å². The molecule has 1 N–H and O–H groups in total. The van der Waals surface area contributed by atoms with Crippen molar-refractivity contribution in [2.45, 2.75) is 25.5 Å². The molecule has 0 aromatic heterocycles. The summed E-state index contributed by atoms with van der Waals surface area (Å²) in [6.45, 7) is 8.39. The van der Waals surface area contributed by atoms with E-state index in [0.29, 0.717) is 26.2 Å². The highest BCUT2D eigenvalue weighted by atomic mass is 127. The number of methoxy groups -OCH3 is 1. The number of sulfone groups is 1. The van der Waals surface area contributed by atoms with Crippen molar-refractivity contribution in [3.05, 3.63) is 0 Å². The van der Waals surface area contributed by atoms with Crippen LogP contribution in [-0.4, -0.2) is 69.7 Å². The van der Waals surface area contributed by atoms with Gasteiger partial charge in [0.05, 0.1) is 23.7 Å². The van der Waals surface area contributed by atoms with Gasteiger partial charge in [0.15, 0.2) is 15.8 Å². The first-order valence-corrected chi connectivity index (χ1v) is 8.24. The molecule has 1 aliphatic heterocycles. The first-order chi connectivity index (χ1) is 8.84. The van der Waals surface area contributed by atoms with Crippen LogP contribution in [0.5, 0.6) is 0 Å². The highest BCUT2D eigenvalue weighted by Crippen LogP contribution is 2.23. The largest absolute Gasteiger partial charge is 0.383 e. The fraction of sp³-hybridized carbons (Fsp3) is 0.917.